The van der Waals surface area contributed by atoms with Gasteiger partial charge in [-0.15, -0.1) is 5.10 Å². The number of hydrogen-bond acceptors (Lipinski definition) is 4. The molecule has 0 aliphatic heterocycles. The second-order valence-electron chi connectivity index (χ2n) is 3.11. The molecule has 0 N–H and O–H groups in total. The fourth-order valence-electron chi connectivity index (χ4n) is 0.970. The van der Waals surface area contributed by atoms with Gasteiger partial charge in [0.15, 0.2) is 6.61 Å². The smallest absolute Gasteiger partial charge is 0.422 e. The van der Waals surface area contributed by atoms with Crippen molar-refractivity contribution in [3.8, 4) is 11.9 Å². The molecule has 86 valence electrons. The minimum absolute atomic E-state index is 0.0169. The van der Waals surface area contributed by atoms with Crippen LogP contribution in [-0.4, -0.2) is 23.0 Å². The summed E-state index contributed by atoms with van der Waals surface area (Å²) in [5, 5.41) is 15.8. The van der Waals surface area contributed by atoms with E-state index < -0.39 is 12.8 Å². The number of alkyl halides is 3. The lowest BCUT2D eigenvalue weighted by atomic mass is 10.1. The molecule has 0 fully saturated rings. The molecule has 0 radical (unpaired) electrons. The number of rotatable bonds is 2. The summed E-state index contributed by atoms with van der Waals surface area (Å²) in [5.41, 5.74) is 0.933. The third-order valence-corrected chi connectivity index (χ3v) is 1.91. The van der Waals surface area contributed by atoms with Crippen LogP contribution in [0.1, 0.15) is 16.8 Å². The molecule has 1 aromatic rings. The summed E-state index contributed by atoms with van der Waals surface area (Å²) in [6.45, 7) is 1.69. The van der Waals surface area contributed by atoms with E-state index >= 15 is 0 Å². The van der Waals surface area contributed by atoms with Crippen molar-refractivity contribution in [2.75, 3.05) is 6.61 Å². The van der Waals surface area contributed by atoms with E-state index in [1.54, 1.807) is 19.9 Å². The summed E-state index contributed by atoms with van der Waals surface area (Å²) in [6, 6.07) is 1.75. The topological polar surface area (TPSA) is 58.8 Å². The van der Waals surface area contributed by atoms with E-state index in [-0.39, 0.29) is 11.4 Å². The maximum Gasteiger partial charge on any atom is 0.422 e. The second-order valence-corrected chi connectivity index (χ2v) is 3.11. The molecule has 4 nitrogen and oxygen atoms in total. The van der Waals surface area contributed by atoms with E-state index in [0.717, 1.165) is 0 Å². The fourth-order valence-corrected chi connectivity index (χ4v) is 0.970. The number of halogens is 3. The van der Waals surface area contributed by atoms with Gasteiger partial charge in [-0.2, -0.15) is 23.5 Å². The Labute approximate surface area is 89.7 Å². The van der Waals surface area contributed by atoms with Gasteiger partial charge in [0.1, 0.15) is 11.6 Å². The number of nitriles is 1. The molecule has 1 heterocycles. The molecular weight excluding hydrogens is 223 g/mol. The van der Waals surface area contributed by atoms with Gasteiger partial charge >= 0.3 is 6.18 Å². The van der Waals surface area contributed by atoms with Crippen molar-refractivity contribution in [1.82, 2.24) is 10.2 Å². The predicted octanol–water partition coefficient (Wildman–Crippen LogP) is 1.91. The van der Waals surface area contributed by atoms with Crippen molar-refractivity contribution in [2.45, 2.75) is 20.0 Å². The first-order chi connectivity index (χ1) is 7.35. The van der Waals surface area contributed by atoms with Gasteiger partial charge in [-0.3, -0.25) is 0 Å². The van der Waals surface area contributed by atoms with E-state index in [1.165, 1.54) is 0 Å². The standard InChI is InChI=1S/C9H8F3N3O/c1-5-6(2)14-15-8(7(5)3-13)16-4-9(10,11)12/h4H2,1-2H3. The molecule has 1 rings (SSSR count). The fraction of sp³-hybridized carbons (Fsp3) is 0.444. The normalized spacial score (nSPS) is 11.0. The van der Waals surface area contributed by atoms with Gasteiger partial charge in [0.25, 0.3) is 5.88 Å². The zero-order valence-electron chi connectivity index (χ0n) is 8.59. The molecule has 0 bridgehead atoms. The highest BCUT2D eigenvalue weighted by atomic mass is 19.4. The Morgan fingerprint density at radius 2 is 1.94 bits per heavy atom. The summed E-state index contributed by atoms with van der Waals surface area (Å²) >= 11 is 0. The van der Waals surface area contributed by atoms with E-state index in [4.69, 9.17) is 5.26 Å². The highest BCUT2D eigenvalue weighted by Crippen LogP contribution is 2.22. The molecule has 0 amide bonds. The van der Waals surface area contributed by atoms with E-state index in [0.29, 0.717) is 11.3 Å². The van der Waals surface area contributed by atoms with Crippen molar-refractivity contribution < 1.29 is 17.9 Å². The molecular formula is C9H8F3N3O. The van der Waals surface area contributed by atoms with Crippen molar-refractivity contribution >= 4 is 0 Å². The molecule has 0 aliphatic rings. The third kappa shape index (κ3) is 2.82. The maximum absolute atomic E-state index is 11.9. The van der Waals surface area contributed by atoms with E-state index in [1.807, 2.05) is 0 Å². The van der Waals surface area contributed by atoms with Gasteiger partial charge in [-0.25, -0.2) is 0 Å². The first-order valence-electron chi connectivity index (χ1n) is 4.28. The Bertz CT molecular complexity index is 437. The number of ether oxygens (including phenoxy) is 1. The Kier molecular flexibility index (Phi) is 3.32. The molecule has 0 saturated carbocycles. The van der Waals surface area contributed by atoms with Gasteiger partial charge < -0.3 is 4.74 Å². The van der Waals surface area contributed by atoms with Crippen LogP contribution >= 0.6 is 0 Å². The Morgan fingerprint density at radius 3 is 2.44 bits per heavy atom. The first kappa shape index (κ1) is 12.2. The Balaban J connectivity index is 2.98. The largest absolute Gasteiger partial charge is 0.466 e. The number of hydrogen-bond donors (Lipinski definition) is 0. The number of nitrogens with zero attached hydrogens (tertiary/aromatic N) is 3. The summed E-state index contributed by atoms with van der Waals surface area (Å²) in [5.74, 6) is -0.386. The zero-order valence-corrected chi connectivity index (χ0v) is 8.59. The van der Waals surface area contributed by atoms with Gasteiger partial charge in [-0.05, 0) is 19.4 Å². The van der Waals surface area contributed by atoms with Crippen LogP contribution in [-0.2, 0) is 0 Å². The lowest BCUT2D eigenvalue weighted by molar-refractivity contribution is -0.154. The predicted molar refractivity (Wildman–Crippen MR) is 47.8 cm³/mol. The quantitative estimate of drug-likeness (QED) is 0.780. The summed E-state index contributed by atoms with van der Waals surface area (Å²) in [7, 11) is 0. The van der Waals surface area contributed by atoms with Crippen molar-refractivity contribution in [2.24, 2.45) is 0 Å². The molecule has 1 aromatic heterocycles. The maximum atomic E-state index is 11.9. The minimum Gasteiger partial charge on any atom is -0.466 e. The van der Waals surface area contributed by atoms with Crippen molar-refractivity contribution in [1.29, 1.82) is 5.26 Å². The number of aromatic nitrogens is 2. The van der Waals surface area contributed by atoms with Gasteiger partial charge in [0.05, 0.1) is 5.69 Å². The molecule has 0 spiro atoms. The Hall–Kier alpha value is -1.84. The van der Waals surface area contributed by atoms with Crippen LogP contribution in [0.15, 0.2) is 0 Å². The average Bonchev–Trinajstić information content (AvgIpc) is 2.18. The third-order valence-electron chi connectivity index (χ3n) is 1.91. The van der Waals surface area contributed by atoms with E-state index in [9.17, 15) is 13.2 Å². The molecule has 0 unspecified atom stereocenters. The molecule has 0 aromatic carbocycles. The minimum atomic E-state index is -4.47. The number of aryl methyl sites for hydroxylation is 1. The van der Waals surface area contributed by atoms with Crippen LogP contribution in [0.2, 0.25) is 0 Å². The molecule has 0 saturated heterocycles. The average molecular weight is 231 g/mol. The SMILES string of the molecule is Cc1nnc(OCC(F)(F)F)c(C#N)c1C. The van der Waals surface area contributed by atoms with Crippen LogP contribution in [0.4, 0.5) is 13.2 Å². The molecule has 0 atom stereocenters. The second kappa shape index (κ2) is 4.35. The molecule has 7 heteroatoms. The summed E-state index contributed by atoms with van der Waals surface area (Å²) in [6.07, 6.45) is -4.47. The lowest BCUT2D eigenvalue weighted by Gasteiger charge is -2.10. The van der Waals surface area contributed by atoms with Crippen LogP contribution in [0.5, 0.6) is 5.88 Å². The van der Waals surface area contributed by atoms with Crippen LogP contribution in [0.3, 0.4) is 0 Å². The van der Waals surface area contributed by atoms with Crippen molar-refractivity contribution in [3.05, 3.63) is 16.8 Å². The molecule has 0 aliphatic carbocycles. The van der Waals surface area contributed by atoms with Crippen molar-refractivity contribution in [3.63, 3.8) is 0 Å². The van der Waals surface area contributed by atoms with Crippen LogP contribution in [0, 0.1) is 25.2 Å². The first-order valence-corrected chi connectivity index (χ1v) is 4.28. The zero-order chi connectivity index (χ0) is 12.3. The highest BCUT2D eigenvalue weighted by molar-refractivity contribution is 5.44. The van der Waals surface area contributed by atoms with Crippen LogP contribution in [0.25, 0.3) is 0 Å². The van der Waals surface area contributed by atoms with Gasteiger partial charge in [-0.1, -0.05) is 0 Å². The molecule has 16 heavy (non-hydrogen) atoms. The lowest BCUT2D eigenvalue weighted by Crippen LogP contribution is -2.20. The summed E-state index contributed by atoms with van der Waals surface area (Å²) in [4.78, 5) is 0. The van der Waals surface area contributed by atoms with Crippen LogP contribution < -0.4 is 4.74 Å². The highest BCUT2D eigenvalue weighted by Gasteiger charge is 2.29. The summed E-state index contributed by atoms with van der Waals surface area (Å²) < 4.78 is 40.1. The van der Waals surface area contributed by atoms with Gasteiger partial charge in [0.2, 0.25) is 0 Å². The Morgan fingerprint density at radius 1 is 1.31 bits per heavy atom. The van der Waals surface area contributed by atoms with Gasteiger partial charge in [0, 0.05) is 0 Å². The monoisotopic (exact) mass is 231 g/mol. The van der Waals surface area contributed by atoms with E-state index in [2.05, 4.69) is 14.9 Å².